The van der Waals surface area contributed by atoms with Gasteiger partial charge in [-0.1, -0.05) is 34.6 Å². The van der Waals surface area contributed by atoms with Crippen molar-refractivity contribution in [2.24, 2.45) is 0 Å². The summed E-state index contributed by atoms with van der Waals surface area (Å²) in [5.74, 6) is 0.0685. The maximum absolute atomic E-state index is 12.4. The predicted octanol–water partition coefficient (Wildman–Crippen LogP) is 3.95. The first-order valence-corrected chi connectivity index (χ1v) is 13.9. The Labute approximate surface area is 215 Å². The van der Waals surface area contributed by atoms with Crippen LogP contribution in [0.4, 0.5) is 0 Å². The Morgan fingerprint density at radius 2 is 1.78 bits per heavy atom. The lowest BCUT2D eigenvalue weighted by molar-refractivity contribution is -0.121. The first-order valence-electron chi connectivity index (χ1n) is 12.2. The quantitative estimate of drug-likeness (QED) is 0.320. The van der Waals surface area contributed by atoms with Gasteiger partial charge in [-0.25, -0.2) is 8.42 Å². The highest BCUT2D eigenvalue weighted by Gasteiger charge is 2.15. The van der Waals surface area contributed by atoms with E-state index in [1.807, 2.05) is 34.6 Å². The Morgan fingerprint density at radius 3 is 2.39 bits per heavy atom. The van der Waals surface area contributed by atoms with Gasteiger partial charge in [0.25, 0.3) is 0 Å². The zero-order valence-electron chi connectivity index (χ0n) is 22.2. The van der Waals surface area contributed by atoms with E-state index in [-0.39, 0.29) is 29.0 Å². The summed E-state index contributed by atoms with van der Waals surface area (Å²) in [4.78, 5) is 31.6. The fourth-order valence-electron chi connectivity index (χ4n) is 2.72. The highest BCUT2D eigenvalue weighted by atomic mass is 32.2. The molecular formula is C26H40N4O5S. The molecule has 2 aromatic rings. The molecule has 0 bridgehead atoms. The molecule has 0 radical (unpaired) electrons. The van der Waals surface area contributed by atoms with E-state index in [0.29, 0.717) is 30.8 Å². The van der Waals surface area contributed by atoms with Gasteiger partial charge in [0.2, 0.25) is 11.8 Å². The average molecular weight is 521 g/mol. The van der Waals surface area contributed by atoms with E-state index < -0.39 is 9.84 Å². The summed E-state index contributed by atoms with van der Waals surface area (Å²) in [5.41, 5.74) is 1.24. The van der Waals surface area contributed by atoms with Gasteiger partial charge in [-0.15, -0.1) is 0 Å². The van der Waals surface area contributed by atoms with Crippen molar-refractivity contribution in [1.29, 1.82) is 0 Å². The lowest BCUT2D eigenvalue weighted by Gasteiger charge is -2.07. The molecular weight excluding hydrogens is 480 g/mol. The second-order valence-corrected chi connectivity index (χ2v) is 9.04. The van der Waals surface area contributed by atoms with Gasteiger partial charge in [0.05, 0.1) is 36.2 Å². The number of hydrogen-bond donors (Lipinski definition) is 2. The molecule has 0 atom stereocenters. The van der Waals surface area contributed by atoms with Crippen molar-refractivity contribution in [3.63, 3.8) is 0 Å². The summed E-state index contributed by atoms with van der Waals surface area (Å²) < 4.78 is 30.0. The molecule has 10 heteroatoms. The Kier molecular flexibility index (Phi) is 17.3. The summed E-state index contributed by atoms with van der Waals surface area (Å²) in [5, 5.41) is 5.39. The number of rotatable bonds is 12. The van der Waals surface area contributed by atoms with Crippen LogP contribution in [0.25, 0.3) is 6.08 Å². The smallest absolute Gasteiger partial charge is 0.244 e. The summed E-state index contributed by atoms with van der Waals surface area (Å²) in [7, 11) is -1.97. The van der Waals surface area contributed by atoms with Crippen LogP contribution in [0.2, 0.25) is 0 Å². The highest BCUT2D eigenvalue weighted by Crippen LogP contribution is 2.17. The van der Waals surface area contributed by atoms with Gasteiger partial charge in [0.15, 0.2) is 9.84 Å². The van der Waals surface area contributed by atoms with Crippen LogP contribution in [0.15, 0.2) is 47.8 Å². The molecule has 0 aliphatic rings. The molecule has 0 aromatic carbocycles. The topological polar surface area (TPSA) is 127 Å². The van der Waals surface area contributed by atoms with Crippen molar-refractivity contribution in [2.45, 2.75) is 65.3 Å². The minimum Gasteiger partial charge on any atom is -0.495 e. The van der Waals surface area contributed by atoms with Crippen LogP contribution in [0.3, 0.4) is 0 Å². The van der Waals surface area contributed by atoms with Gasteiger partial charge in [-0.2, -0.15) is 0 Å². The third kappa shape index (κ3) is 12.4. The Morgan fingerprint density at radius 1 is 1.06 bits per heavy atom. The van der Waals surface area contributed by atoms with Crippen molar-refractivity contribution >= 4 is 27.7 Å². The maximum atomic E-state index is 12.4. The molecule has 0 aliphatic carbocycles. The molecule has 0 saturated heterocycles. The van der Waals surface area contributed by atoms with Crippen molar-refractivity contribution in [3.05, 3.63) is 54.1 Å². The molecule has 200 valence electrons. The minimum atomic E-state index is -3.49. The number of nitrogens with one attached hydrogen (secondary N) is 2. The molecule has 9 nitrogen and oxygen atoms in total. The molecule has 2 amide bonds. The van der Waals surface area contributed by atoms with E-state index in [4.69, 9.17) is 4.74 Å². The standard InChI is InChI=1S/C22H28N4O5S.2C2H6/c1-3-5-21(27)24-11-4-13-32(29,30)19-8-7-18(25-15-19)14-26-22(28)9-6-17-10-12-23-16-20(17)31-2;2*1-2/h6-10,12,15-16H,3-5,11,13-14H2,1-2H3,(H,24,27)(H,26,28);2*1-2H3/b9-6+;;. The Bertz CT molecular complexity index is 1040. The Balaban J connectivity index is 0.00000291. The molecule has 36 heavy (non-hydrogen) atoms. The van der Waals surface area contributed by atoms with Crippen LogP contribution in [-0.2, 0) is 26.0 Å². The average Bonchev–Trinajstić information content (AvgIpc) is 2.91. The van der Waals surface area contributed by atoms with Crippen molar-refractivity contribution in [2.75, 3.05) is 19.4 Å². The minimum absolute atomic E-state index is 0.0762. The van der Waals surface area contributed by atoms with Crippen LogP contribution in [0.5, 0.6) is 5.75 Å². The number of ether oxygens (including phenoxy) is 1. The highest BCUT2D eigenvalue weighted by molar-refractivity contribution is 7.91. The third-order valence-electron chi connectivity index (χ3n) is 4.44. The third-order valence-corrected chi connectivity index (χ3v) is 6.23. The molecule has 2 N–H and O–H groups in total. The number of pyridine rings is 2. The predicted molar refractivity (Wildman–Crippen MR) is 143 cm³/mol. The van der Waals surface area contributed by atoms with Gasteiger partial charge >= 0.3 is 0 Å². The normalized spacial score (nSPS) is 10.4. The number of carbonyl (C=O) groups excluding carboxylic acids is 2. The number of amides is 2. The van der Waals surface area contributed by atoms with Crippen LogP contribution < -0.4 is 15.4 Å². The molecule has 2 rings (SSSR count). The molecule has 0 spiro atoms. The fourth-order valence-corrected chi connectivity index (χ4v) is 3.97. The van der Waals surface area contributed by atoms with E-state index in [1.54, 1.807) is 30.6 Å². The van der Waals surface area contributed by atoms with Crippen LogP contribution >= 0.6 is 0 Å². The number of hydrogen-bond acceptors (Lipinski definition) is 7. The zero-order valence-corrected chi connectivity index (χ0v) is 23.0. The Hall–Kier alpha value is -3.27. The molecule has 2 heterocycles. The second kappa shape index (κ2) is 19.0. The van der Waals surface area contributed by atoms with E-state index in [1.165, 1.54) is 25.4 Å². The van der Waals surface area contributed by atoms with Crippen molar-refractivity contribution in [1.82, 2.24) is 20.6 Å². The van der Waals surface area contributed by atoms with Gasteiger partial charge in [0, 0.05) is 37.0 Å². The number of carbonyl (C=O) groups is 2. The lowest BCUT2D eigenvalue weighted by Crippen LogP contribution is -2.25. The van der Waals surface area contributed by atoms with Crippen LogP contribution in [0, 0.1) is 0 Å². The molecule has 0 fully saturated rings. The van der Waals surface area contributed by atoms with Crippen LogP contribution in [0.1, 0.15) is 65.1 Å². The van der Waals surface area contributed by atoms with Crippen molar-refractivity contribution in [3.8, 4) is 5.75 Å². The summed E-state index contributed by atoms with van der Waals surface area (Å²) in [6, 6.07) is 4.76. The first-order chi connectivity index (χ1) is 17.4. The zero-order chi connectivity index (χ0) is 27.4. The monoisotopic (exact) mass is 520 g/mol. The number of nitrogens with zero attached hydrogens (tertiary/aromatic N) is 2. The van der Waals surface area contributed by atoms with E-state index >= 15 is 0 Å². The largest absolute Gasteiger partial charge is 0.495 e. The van der Waals surface area contributed by atoms with Crippen molar-refractivity contribution < 1.29 is 22.7 Å². The number of methoxy groups -OCH3 is 1. The van der Waals surface area contributed by atoms with E-state index in [9.17, 15) is 18.0 Å². The van der Waals surface area contributed by atoms with E-state index in [2.05, 4.69) is 20.6 Å². The summed E-state index contributed by atoms with van der Waals surface area (Å²) in [6.07, 6.45) is 8.93. The van der Waals surface area contributed by atoms with Gasteiger partial charge in [-0.3, -0.25) is 19.6 Å². The number of aromatic nitrogens is 2. The first kappa shape index (κ1) is 32.7. The summed E-state index contributed by atoms with van der Waals surface area (Å²) in [6.45, 7) is 10.4. The fraction of sp³-hybridized carbons (Fsp3) is 0.462. The maximum Gasteiger partial charge on any atom is 0.244 e. The second-order valence-electron chi connectivity index (χ2n) is 6.93. The van der Waals surface area contributed by atoms with Gasteiger partial charge in [0.1, 0.15) is 5.75 Å². The molecule has 0 aliphatic heterocycles. The molecule has 0 unspecified atom stereocenters. The molecule has 2 aromatic heterocycles. The SMILES string of the molecule is CC.CC.CCCC(=O)NCCCS(=O)(=O)c1ccc(CNC(=O)/C=C/c2ccncc2OC)nc1. The van der Waals surface area contributed by atoms with Gasteiger partial charge in [-0.05, 0) is 37.1 Å². The number of sulfone groups is 1. The van der Waals surface area contributed by atoms with E-state index in [0.717, 1.165) is 12.0 Å². The van der Waals surface area contributed by atoms with Crippen LogP contribution in [-0.4, -0.2) is 49.6 Å². The summed E-state index contributed by atoms with van der Waals surface area (Å²) >= 11 is 0. The lowest BCUT2D eigenvalue weighted by atomic mass is 10.2. The molecule has 0 saturated carbocycles. The van der Waals surface area contributed by atoms with Gasteiger partial charge < -0.3 is 15.4 Å².